The van der Waals surface area contributed by atoms with E-state index in [0.29, 0.717) is 5.88 Å². The van der Waals surface area contributed by atoms with Crippen LogP contribution in [0.2, 0.25) is 0 Å². The van der Waals surface area contributed by atoms with Crippen LogP contribution in [-0.2, 0) is 5.88 Å². The Kier molecular flexibility index (Phi) is 4.66. The minimum absolute atomic E-state index is 0.555. The van der Waals surface area contributed by atoms with Crippen LogP contribution < -0.4 is 4.90 Å². The predicted molar refractivity (Wildman–Crippen MR) is 73.8 cm³/mol. The van der Waals surface area contributed by atoms with E-state index in [1.165, 1.54) is 37.8 Å². The third-order valence-electron chi connectivity index (χ3n) is 3.44. The maximum Gasteiger partial charge on any atom is 0.0509 e. The Morgan fingerprint density at radius 2 is 1.82 bits per heavy atom. The zero-order chi connectivity index (χ0) is 12.1. The molecule has 0 N–H and O–H groups in total. The van der Waals surface area contributed by atoms with Crippen LogP contribution >= 0.6 is 11.6 Å². The summed E-state index contributed by atoms with van der Waals surface area (Å²) < 4.78 is 0. The highest BCUT2D eigenvalue weighted by Crippen LogP contribution is 2.25. The largest absolute Gasteiger partial charge is 0.371 e. The topological polar surface area (TPSA) is 16.1 Å². The summed E-state index contributed by atoms with van der Waals surface area (Å²) in [4.78, 5) is 6.83. The molecule has 2 heterocycles. The van der Waals surface area contributed by atoms with Gasteiger partial charge in [-0.15, -0.1) is 11.6 Å². The Hall–Kier alpha value is -0.760. The summed E-state index contributed by atoms with van der Waals surface area (Å²) in [7, 11) is 0. The molecule has 2 rings (SSSR count). The molecule has 0 atom stereocenters. The quantitative estimate of drug-likeness (QED) is 0.743. The van der Waals surface area contributed by atoms with Crippen LogP contribution in [-0.4, -0.2) is 18.1 Å². The summed E-state index contributed by atoms with van der Waals surface area (Å²) in [6.45, 7) is 4.37. The fraction of sp³-hybridized carbons (Fsp3) is 0.643. The number of rotatable bonds is 2. The van der Waals surface area contributed by atoms with Gasteiger partial charge in [-0.05, 0) is 25.8 Å². The van der Waals surface area contributed by atoms with Crippen molar-refractivity contribution in [1.29, 1.82) is 0 Å². The molecular formula is C14H21ClN2. The normalized spacial score (nSPS) is 17.6. The molecule has 1 saturated heterocycles. The fourth-order valence-corrected chi connectivity index (χ4v) is 2.67. The number of hydrogen-bond donors (Lipinski definition) is 0. The van der Waals surface area contributed by atoms with E-state index in [-0.39, 0.29) is 0 Å². The van der Waals surface area contributed by atoms with Crippen LogP contribution in [0.25, 0.3) is 0 Å². The summed E-state index contributed by atoms with van der Waals surface area (Å²) in [6.07, 6.45) is 8.63. The number of aromatic nitrogens is 1. The maximum absolute atomic E-state index is 6.01. The van der Waals surface area contributed by atoms with E-state index in [1.807, 2.05) is 13.1 Å². The van der Waals surface area contributed by atoms with E-state index < -0.39 is 0 Å². The highest BCUT2D eigenvalue weighted by molar-refractivity contribution is 6.17. The molecular weight excluding hydrogens is 232 g/mol. The standard InChI is InChI=1S/C14H21ClN2/c1-12-9-14(13(10-15)11-16-12)17-7-5-3-2-4-6-8-17/h9,11H,2-8,10H2,1H3. The first-order valence-electron chi connectivity index (χ1n) is 6.57. The molecule has 0 unspecified atom stereocenters. The summed E-state index contributed by atoms with van der Waals surface area (Å²) >= 11 is 6.01. The molecule has 1 aromatic rings. The number of nitrogens with zero attached hydrogens (tertiary/aromatic N) is 2. The summed E-state index contributed by atoms with van der Waals surface area (Å²) in [5, 5.41) is 0. The molecule has 1 aliphatic rings. The maximum atomic E-state index is 6.01. The number of pyridine rings is 1. The van der Waals surface area contributed by atoms with E-state index in [9.17, 15) is 0 Å². The molecule has 0 spiro atoms. The lowest BCUT2D eigenvalue weighted by atomic mass is 10.1. The highest BCUT2D eigenvalue weighted by Gasteiger charge is 2.13. The Labute approximate surface area is 109 Å². The van der Waals surface area contributed by atoms with Gasteiger partial charge in [0.25, 0.3) is 0 Å². The van der Waals surface area contributed by atoms with Crippen LogP contribution in [0.3, 0.4) is 0 Å². The van der Waals surface area contributed by atoms with Crippen LogP contribution in [0.5, 0.6) is 0 Å². The first-order valence-corrected chi connectivity index (χ1v) is 7.11. The van der Waals surface area contributed by atoms with Crippen molar-refractivity contribution in [3.8, 4) is 0 Å². The van der Waals surface area contributed by atoms with Crippen molar-refractivity contribution in [2.24, 2.45) is 0 Å². The highest BCUT2D eigenvalue weighted by atomic mass is 35.5. The van der Waals surface area contributed by atoms with Crippen molar-refractivity contribution in [3.63, 3.8) is 0 Å². The van der Waals surface area contributed by atoms with Gasteiger partial charge in [0.05, 0.1) is 5.88 Å². The van der Waals surface area contributed by atoms with Crippen molar-refractivity contribution < 1.29 is 0 Å². The third kappa shape index (κ3) is 3.35. The molecule has 0 saturated carbocycles. The average Bonchev–Trinajstić information content (AvgIpc) is 2.28. The van der Waals surface area contributed by atoms with Crippen LogP contribution in [0, 0.1) is 6.92 Å². The second kappa shape index (κ2) is 6.25. The molecule has 2 nitrogen and oxygen atoms in total. The average molecular weight is 253 g/mol. The molecule has 0 aromatic carbocycles. The van der Waals surface area contributed by atoms with Gasteiger partial charge in [0, 0.05) is 36.2 Å². The lowest BCUT2D eigenvalue weighted by Crippen LogP contribution is -2.28. The third-order valence-corrected chi connectivity index (χ3v) is 3.73. The molecule has 0 radical (unpaired) electrons. The van der Waals surface area contributed by atoms with Gasteiger partial charge in [0.1, 0.15) is 0 Å². The lowest BCUT2D eigenvalue weighted by Gasteiger charge is -2.28. The minimum Gasteiger partial charge on any atom is -0.371 e. The molecule has 1 aromatic heterocycles. The van der Waals surface area contributed by atoms with Gasteiger partial charge in [0.2, 0.25) is 0 Å². The van der Waals surface area contributed by atoms with Gasteiger partial charge in [-0.1, -0.05) is 19.3 Å². The summed E-state index contributed by atoms with van der Waals surface area (Å²) in [5.74, 6) is 0.555. The van der Waals surface area contributed by atoms with Crippen molar-refractivity contribution in [2.75, 3.05) is 18.0 Å². The van der Waals surface area contributed by atoms with Gasteiger partial charge in [0.15, 0.2) is 0 Å². The SMILES string of the molecule is Cc1cc(N2CCCCCCC2)c(CCl)cn1. The molecule has 17 heavy (non-hydrogen) atoms. The van der Waals surface area contributed by atoms with E-state index in [2.05, 4.69) is 16.0 Å². The van der Waals surface area contributed by atoms with Gasteiger partial charge in [-0.25, -0.2) is 0 Å². The summed E-state index contributed by atoms with van der Waals surface area (Å²) in [5.41, 5.74) is 3.54. The zero-order valence-electron chi connectivity index (χ0n) is 10.6. The Balaban J connectivity index is 2.20. The van der Waals surface area contributed by atoms with Crippen LogP contribution in [0.1, 0.15) is 43.4 Å². The van der Waals surface area contributed by atoms with E-state index >= 15 is 0 Å². The monoisotopic (exact) mass is 252 g/mol. The molecule has 0 aliphatic carbocycles. The number of hydrogen-bond acceptors (Lipinski definition) is 2. The zero-order valence-corrected chi connectivity index (χ0v) is 11.3. The molecule has 1 fully saturated rings. The molecule has 0 bridgehead atoms. The summed E-state index contributed by atoms with van der Waals surface area (Å²) in [6, 6.07) is 2.18. The fourth-order valence-electron chi connectivity index (χ4n) is 2.46. The number of halogens is 1. The number of alkyl halides is 1. The molecule has 94 valence electrons. The van der Waals surface area contributed by atoms with E-state index in [1.54, 1.807) is 0 Å². The number of aryl methyl sites for hydroxylation is 1. The van der Waals surface area contributed by atoms with Gasteiger partial charge in [-0.2, -0.15) is 0 Å². The van der Waals surface area contributed by atoms with Crippen LogP contribution in [0.4, 0.5) is 5.69 Å². The molecule has 1 aliphatic heterocycles. The van der Waals surface area contributed by atoms with Crippen molar-refractivity contribution in [3.05, 3.63) is 23.5 Å². The predicted octanol–water partition coefficient (Wildman–Crippen LogP) is 3.90. The van der Waals surface area contributed by atoms with E-state index in [0.717, 1.165) is 24.3 Å². The van der Waals surface area contributed by atoms with Crippen molar-refractivity contribution >= 4 is 17.3 Å². The first kappa shape index (κ1) is 12.7. The Morgan fingerprint density at radius 1 is 1.18 bits per heavy atom. The second-order valence-corrected chi connectivity index (χ2v) is 5.11. The Bertz CT molecular complexity index is 357. The van der Waals surface area contributed by atoms with Crippen molar-refractivity contribution in [1.82, 2.24) is 4.98 Å². The smallest absolute Gasteiger partial charge is 0.0509 e. The van der Waals surface area contributed by atoms with Crippen molar-refractivity contribution in [2.45, 2.75) is 44.9 Å². The van der Waals surface area contributed by atoms with Crippen LogP contribution in [0.15, 0.2) is 12.3 Å². The van der Waals surface area contributed by atoms with Gasteiger partial charge in [-0.3, -0.25) is 4.98 Å². The second-order valence-electron chi connectivity index (χ2n) is 4.84. The molecule has 3 heteroatoms. The number of anilines is 1. The molecule has 0 amide bonds. The Morgan fingerprint density at radius 3 is 2.47 bits per heavy atom. The van der Waals surface area contributed by atoms with Gasteiger partial charge < -0.3 is 4.90 Å². The minimum atomic E-state index is 0.555. The first-order chi connectivity index (χ1) is 8.31. The lowest BCUT2D eigenvalue weighted by molar-refractivity contribution is 0.555. The van der Waals surface area contributed by atoms with E-state index in [4.69, 9.17) is 11.6 Å². The van der Waals surface area contributed by atoms with Gasteiger partial charge >= 0.3 is 0 Å².